The molecule has 0 saturated carbocycles. The van der Waals surface area contributed by atoms with Gasteiger partial charge in [0.1, 0.15) is 27.8 Å². The highest BCUT2D eigenvalue weighted by Gasteiger charge is 2.48. The molecule has 1 unspecified atom stereocenters. The summed E-state index contributed by atoms with van der Waals surface area (Å²) in [7, 11) is -2.68. The maximum Gasteiger partial charge on any atom is 0.248 e. The third-order valence-corrected chi connectivity index (χ3v) is 8.29. The molecule has 0 saturated heterocycles. The number of hydrogen-bond acceptors (Lipinski definition) is 7. The van der Waals surface area contributed by atoms with Gasteiger partial charge >= 0.3 is 0 Å². The maximum atomic E-state index is 13.9. The van der Waals surface area contributed by atoms with Crippen LogP contribution in [-0.2, 0) is 19.6 Å². The third-order valence-electron chi connectivity index (χ3n) is 6.35. The number of phenols is 1. The van der Waals surface area contributed by atoms with Crippen molar-refractivity contribution in [1.29, 1.82) is 0 Å². The lowest BCUT2D eigenvalue weighted by Gasteiger charge is -2.34. The van der Waals surface area contributed by atoms with Crippen LogP contribution in [0, 0.1) is 6.92 Å². The fraction of sp³-hybridized carbons (Fsp3) is 0.185. The number of aryl methyl sites for hydroxylation is 1. The molecule has 5 rings (SSSR count). The number of fused-ring (bicyclic) bond motifs is 1. The average molecular weight is 505 g/mol. The topological polar surface area (TPSA) is 119 Å². The Morgan fingerprint density at radius 2 is 1.83 bits per heavy atom. The van der Waals surface area contributed by atoms with E-state index in [0.29, 0.717) is 11.3 Å². The van der Waals surface area contributed by atoms with Crippen LogP contribution in [0.2, 0.25) is 0 Å². The molecule has 1 aliphatic rings. The smallest absolute Gasteiger partial charge is 0.248 e. The minimum absolute atomic E-state index is 0.0136. The molecule has 0 radical (unpaired) electrons. The fourth-order valence-corrected chi connectivity index (χ4v) is 6.25. The number of ether oxygens (including phenoxy) is 1. The molecule has 36 heavy (non-hydrogen) atoms. The number of hydrogen-bond donors (Lipinski definition) is 2. The number of sulfonamides is 1. The van der Waals surface area contributed by atoms with Gasteiger partial charge in [-0.2, -0.15) is 0 Å². The van der Waals surface area contributed by atoms with Crippen LogP contribution >= 0.6 is 0 Å². The standard InChI is InChI=1S/C27H24N2O6S/c1-17-10-26(28-35-17)29-36(32,33)27(22-4-3-5-23(30)14-22)15-21(12-24(31)16-27)19-6-7-20-13-25(34-2)9-8-18(20)11-19/h3-11,13-15,30H,12,16H2,1-2H3,(H,28,29). The first kappa shape index (κ1) is 23.6. The van der Waals surface area contributed by atoms with E-state index in [9.17, 15) is 18.3 Å². The Hall–Kier alpha value is -4.11. The predicted molar refractivity (Wildman–Crippen MR) is 136 cm³/mol. The van der Waals surface area contributed by atoms with Gasteiger partial charge in [-0.05, 0) is 64.7 Å². The van der Waals surface area contributed by atoms with Gasteiger partial charge in [0.05, 0.1) is 7.11 Å². The molecule has 0 aliphatic heterocycles. The Balaban J connectivity index is 1.69. The molecule has 4 aromatic rings. The van der Waals surface area contributed by atoms with Gasteiger partial charge in [0, 0.05) is 18.9 Å². The highest BCUT2D eigenvalue weighted by molar-refractivity contribution is 7.93. The summed E-state index contributed by atoms with van der Waals surface area (Å²) in [5.74, 6) is 0.826. The van der Waals surface area contributed by atoms with Crippen molar-refractivity contribution >= 4 is 38.0 Å². The molecule has 8 nitrogen and oxygen atoms in total. The second kappa shape index (κ2) is 8.83. The van der Waals surface area contributed by atoms with Crippen molar-refractivity contribution in [2.45, 2.75) is 24.5 Å². The Kier molecular flexibility index (Phi) is 5.80. The number of anilines is 1. The molecule has 0 amide bonds. The predicted octanol–water partition coefficient (Wildman–Crippen LogP) is 4.93. The number of methoxy groups -OCH3 is 1. The molecular formula is C27H24N2O6S. The summed E-state index contributed by atoms with van der Waals surface area (Å²) >= 11 is 0. The van der Waals surface area contributed by atoms with Crippen LogP contribution in [0.5, 0.6) is 11.5 Å². The van der Waals surface area contributed by atoms with Gasteiger partial charge < -0.3 is 14.4 Å². The Morgan fingerprint density at radius 1 is 1.06 bits per heavy atom. The number of allylic oxidation sites excluding steroid dienone is 1. The van der Waals surface area contributed by atoms with E-state index in [1.807, 2.05) is 36.4 Å². The number of carbonyl (C=O) groups excluding carboxylic acids is 1. The molecule has 184 valence electrons. The number of rotatable bonds is 6. The van der Waals surface area contributed by atoms with Gasteiger partial charge in [-0.15, -0.1) is 0 Å². The largest absolute Gasteiger partial charge is 0.508 e. The van der Waals surface area contributed by atoms with Crippen molar-refractivity contribution in [1.82, 2.24) is 5.16 Å². The number of carbonyl (C=O) groups is 1. The number of phenolic OH excluding ortho intramolecular Hbond substituents is 1. The van der Waals surface area contributed by atoms with E-state index in [1.54, 1.807) is 32.2 Å². The van der Waals surface area contributed by atoms with Gasteiger partial charge in [0.2, 0.25) is 10.0 Å². The molecule has 1 heterocycles. The van der Waals surface area contributed by atoms with E-state index in [2.05, 4.69) is 9.88 Å². The summed E-state index contributed by atoms with van der Waals surface area (Å²) in [5, 5.41) is 15.8. The maximum absolute atomic E-state index is 13.9. The molecule has 9 heteroatoms. The number of nitrogens with one attached hydrogen (secondary N) is 1. The van der Waals surface area contributed by atoms with Crippen LogP contribution in [-0.4, -0.2) is 31.6 Å². The molecule has 1 aliphatic carbocycles. The van der Waals surface area contributed by atoms with E-state index < -0.39 is 14.8 Å². The minimum atomic E-state index is -4.28. The SMILES string of the molecule is COc1ccc2cc(C3=CC(c4cccc(O)c4)(S(=O)(=O)Nc4cc(C)on4)CC(=O)C3)ccc2c1. The average Bonchev–Trinajstić information content (AvgIpc) is 3.26. The second-order valence-corrected chi connectivity index (χ2v) is 10.8. The fourth-order valence-electron chi connectivity index (χ4n) is 4.61. The molecule has 0 bridgehead atoms. The highest BCUT2D eigenvalue weighted by atomic mass is 32.2. The normalized spacial score (nSPS) is 18.2. The van der Waals surface area contributed by atoms with E-state index in [-0.39, 0.29) is 35.8 Å². The lowest BCUT2D eigenvalue weighted by Crippen LogP contribution is -2.42. The zero-order valence-electron chi connectivity index (χ0n) is 19.7. The first-order valence-electron chi connectivity index (χ1n) is 11.3. The molecular weight excluding hydrogens is 480 g/mol. The van der Waals surface area contributed by atoms with Crippen LogP contribution in [0.25, 0.3) is 16.3 Å². The van der Waals surface area contributed by atoms with E-state index in [1.165, 1.54) is 18.2 Å². The Bertz CT molecular complexity index is 1620. The first-order valence-corrected chi connectivity index (χ1v) is 12.7. The van der Waals surface area contributed by atoms with Crippen molar-refractivity contribution < 1.29 is 27.6 Å². The molecule has 1 aromatic heterocycles. The Morgan fingerprint density at radius 3 is 2.56 bits per heavy atom. The lowest BCUT2D eigenvalue weighted by molar-refractivity contribution is -0.118. The number of ketones is 1. The monoisotopic (exact) mass is 504 g/mol. The minimum Gasteiger partial charge on any atom is -0.508 e. The van der Waals surface area contributed by atoms with Gasteiger partial charge in [-0.1, -0.05) is 41.6 Å². The molecule has 3 aromatic carbocycles. The van der Waals surface area contributed by atoms with Gasteiger partial charge in [-0.25, -0.2) is 8.42 Å². The van der Waals surface area contributed by atoms with Crippen molar-refractivity contribution in [2.75, 3.05) is 11.8 Å². The van der Waals surface area contributed by atoms with Crippen LogP contribution in [0.3, 0.4) is 0 Å². The van der Waals surface area contributed by atoms with E-state index >= 15 is 0 Å². The van der Waals surface area contributed by atoms with Crippen LogP contribution in [0.4, 0.5) is 5.82 Å². The van der Waals surface area contributed by atoms with Gasteiger partial charge in [0.15, 0.2) is 5.82 Å². The van der Waals surface area contributed by atoms with Crippen LogP contribution in [0.1, 0.15) is 29.7 Å². The quantitative estimate of drug-likeness (QED) is 0.382. The Labute approximate surface area is 208 Å². The van der Waals surface area contributed by atoms with Crippen molar-refractivity contribution in [3.8, 4) is 11.5 Å². The number of Topliss-reactive ketones (excluding diaryl/α,β-unsaturated/α-hetero) is 1. The lowest BCUT2D eigenvalue weighted by atomic mass is 9.81. The second-order valence-electron chi connectivity index (χ2n) is 8.86. The zero-order chi connectivity index (χ0) is 25.5. The van der Waals surface area contributed by atoms with E-state index in [0.717, 1.165) is 22.1 Å². The van der Waals surface area contributed by atoms with Gasteiger partial charge in [0.25, 0.3) is 0 Å². The summed E-state index contributed by atoms with van der Waals surface area (Å²) < 4.78 is 38.8. The number of nitrogens with zero attached hydrogens (tertiary/aromatic N) is 1. The number of aromatic hydroxyl groups is 1. The van der Waals surface area contributed by atoms with Crippen molar-refractivity contribution in [2.24, 2.45) is 0 Å². The summed E-state index contributed by atoms with van der Waals surface area (Å²) in [5.41, 5.74) is 1.58. The third kappa shape index (κ3) is 4.22. The number of aromatic nitrogens is 1. The van der Waals surface area contributed by atoms with Crippen LogP contribution in [0.15, 0.2) is 77.3 Å². The van der Waals surface area contributed by atoms with Gasteiger partial charge in [-0.3, -0.25) is 9.52 Å². The molecule has 2 N–H and O–H groups in total. The van der Waals surface area contributed by atoms with Crippen LogP contribution < -0.4 is 9.46 Å². The summed E-state index contributed by atoms with van der Waals surface area (Å²) in [6, 6.07) is 18.8. The van der Waals surface area contributed by atoms with E-state index in [4.69, 9.17) is 9.26 Å². The molecule has 1 atom stereocenters. The van der Waals surface area contributed by atoms with Crippen molar-refractivity contribution in [3.63, 3.8) is 0 Å². The summed E-state index contributed by atoms with van der Waals surface area (Å²) in [6.07, 6.45) is 1.40. The first-order chi connectivity index (χ1) is 17.2. The molecule has 0 fully saturated rings. The van der Waals surface area contributed by atoms with Crippen molar-refractivity contribution in [3.05, 3.63) is 89.7 Å². The summed E-state index contributed by atoms with van der Waals surface area (Å²) in [6.45, 7) is 1.65. The molecule has 0 spiro atoms. The summed E-state index contributed by atoms with van der Waals surface area (Å²) in [4.78, 5) is 13.1. The zero-order valence-corrected chi connectivity index (χ0v) is 20.5. The number of benzene rings is 3. The highest BCUT2D eigenvalue weighted by Crippen LogP contribution is 2.45.